The molecule has 2 rings (SSSR count). The molecule has 0 radical (unpaired) electrons. The van der Waals surface area contributed by atoms with Crippen LogP contribution in [0, 0.1) is 0 Å². The lowest BCUT2D eigenvalue weighted by molar-refractivity contribution is -0.115. The third kappa shape index (κ3) is 4.83. The van der Waals surface area contributed by atoms with Gasteiger partial charge < -0.3 is 11.1 Å². The van der Waals surface area contributed by atoms with Gasteiger partial charge in [-0.2, -0.15) is 0 Å². The monoisotopic (exact) mass is 354 g/mol. The maximum atomic E-state index is 12.4. The van der Waals surface area contributed by atoms with Crippen molar-refractivity contribution in [3.8, 4) is 0 Å². The van der Waals surface area contributed by atoms with Gasteiger partial charge in [0, 0.05) is 26.3 Å². The lowest BCUT2D eigenvalue weighted by Gasteiger charge is -2.15. The van der Waals surface area contributed by atoms with Gasteiger partial charge in [0.1, 0.15) is 0 Å². The van der Waals surface area contributed by atoms with E-state index in [4.69, 9.17) is 28.9 Å². The average molecular weight is 355 g/mol. The van der Waals surface area contributed by atoms with Gasteiger partial charge in [0.25, 0.3) is 0 Å². The summed E-state index contributed by atoms with van der Waals surface area (Å²) in [6.45, 7) is 1.97. The highest BCUT2D eigenvalue weighted by Crippen LogP contribution is 2.28. The zero-order valence-electron chi connectivity index (χ0n) is 12.0. The first-order valence-electron chi connectivity index (χ1n) is 6.77. The topological polar surface area (TPSA) is 55.1 Å². The standard InChI is InChI=1S/C16H16Cl2N2OS/c1-2-15(22-14-5-3-12(19)4-6-14)16(21)20-13-8-10(17)7-11(18)9-13/h3-9,15H,2,19H2,1H3,(H,20,21). The number of nitrogens with two attached hydrogens (primary N) is 1. The molecule has 0 heterocycles. The number of rotatable bonds is 5. The minimum Gasteiger partial charge on any atom is -0.399 e. The molecule has 3 N–H and O–H groups in total. The number of amides is 1. The predicted molar refractivity (Wildman–Crippen MR) is 95.9 cm³/mol. The molecular weight excluding hydrogens is 339 g/mol. The maximum absolute atomic E-state index is 12.4. The summed E-state index contributed by atoms with van der Waals surface area (Å²) in [6, 6.07) is 12.4. The first kappa shape index (κ1) is 17.0. The summed E-state index contributed by atoms with van der Waals surface area (Å²) in [5.41, 5.74) is 6.97. The minimum absolute atomic E-state index is 0.0809. The fourth-order valence-corrected chi connectivity index (χ4v) is 3.36. The van der Waals surface area contributed by atoms with Crippen molar-refractivity contribution < 1.29 is 4.79 Å². The molecule has 0 aliphatic heterocycles. The van der Waals surface area contributed by atoms with Crippen molar-refractivity contribution in [1.29, 1.82) is 0 Å². The van der Waals surface area contributed by atoms with Crippen LogP contribution in [0.25, 0.3) is 0 Å². The van der Waals surface area contributed by atoms with Gasteiger partial charge in [-0.1, -0.05) is 30.1 Å². The quantitative estimate of drug-likeness (QED) is 0.581. The summed E-state index contributed by atoms with van der Waals surface area (Å²) in [7, 11) is 0. The van der Waals surface area contributed by atoms with E-state index in [1.54, 1.807) is 18.2 Å². The van der Waals surface area contributed by atoms with Gasteiger partial charge >= 0.3 is 0 Å². The highest BCUT2D eigenvalue weighted by atomic mass is 35.5. The number of hydrogen-bond acceptors (Lipinski definition) is 3. The zero-order chi connectivity index (χ0) is 16.1. The summed E-state index contributed by atoms with van der Waals surface area (Å²) in [5, 5.41) is 3.62. The third-order valence-corrected chi connectivity index (χ3v) is 4.76. The lowest BCUT2D eigenvalue weighted by Crippen LogP contribution is -2.24. The Morgan fingerprint density at radius 1 is 1.18 bits per heavy atom. The summed E-state index contributed by atoms with van der Waals surface area (Å²) in [4.78, 5) is 13.4. The number of halogens is 2. The van der Waals surface area contributed by atoms with Crippen LogP contribution >= 0.6 is 35.0 Å². The van der Waals surface area contributed by atoms with Crippen LogP contribution in [0.15, 0.2) is 47.4 Å². The van der Waals surface area contributed by atoms with Crippen LogP contribution in [0.4, 0.5) is 11.4 Å². The van der Waals surface area contributed by atoms with Gasteiger partial charge in [-0.3, -0.25) is 4.79 Å². The lowest BCUT2D eigenvalue weighted by atomic mass is 10.2. The molecule has 0 fully saturated rings. The van der Waals surface area contributed by atoms with Gasteiger partial charge in [0.15, 0.2) is 0 Å². The molecule has 1 atom stereocenters. The molecule has 0 bridgehead atoms. The van der Waals surface area contributed by atoms with Crippen LogP contribution < -0.4 is 11.1 Å². The van der Waals surface area contributed by atoms with E-state index in [0.717, 1.165) is 4.90 Å². The Hall–Kier alpha value is -1.36. The molecule has 1 amide bonds. The number of nitrogen functional groups attached to an aromatic ring is 1. The smallest absolute Gasteiger partial charge is 0.237 e. The average Bonchev–Trinajstić information content (AvgIpc) is 2.45. The second kappa shape index (κ2) is 7.77. The third-order valence-electron chi connectivity index (χ3n) is 2.95. The number of anilines is 2. The first-order valence-corrected chi connectivity index (χ1v) is 8.40. The van der Waals surface area contributed by atoms with E-state index in [1.165, 1.54) is 11.8 Å². The summed E-state index contributed by atoms with van der Waals surface area (Å²) in [6.07, 6.45) is 0.704. The fraction of sp³-hybridized carbons (Fsp3) is 0.188. The Morgan fingerprint density at radius 2 is 1.77 bits per heavy atom. The van der Waals surface area contributed by atoms with Crippen LogP contribution in [-0.4, -0.2) is 11.2 Å². The van der Waals surface area contributed by atoms with Crippen LogP contribution in [0.5, 0.6) is 0 Å². The molecule has 2 aromatic rings. The fourth-order valence-electron chi connectivity index (χ4n) is 1.88. The Morgan fingerprint density at radius 3 is 2.32 bits per heavy atom. The van der Waals surface area contributed by atoms with Crippen molar-refractivity contribution >= 4 is 52.2 Å². The molecular formula is C16H16Cl2N2OS. The maximum Gasteiger partial charge on any atom is 0.237 e. The van der Waals surface area contributed by atoms with Crippen molar-refractivity contribution in [1.82, 2.24) is 0 Å². The number of thioether (sulfide) groups is 1. The summed E-state index contributed by atoms with van der Waals surface area (Å²) >= 11 is 13.4. The molecule has 116 valence electrons. The summed E-state index contributed by atoms with van der Waals surface area (Å²) in [5.74, 6) is -0.0809. The minimum atomic E-state index is -0.207. The highest BCUT2D eigenvalue weighted by Gasteiger charge is 2.18. The second-order valence-electron chi connectivity index (χ2n) is 4.73. The molecule has 0 aliphatic rings. The van der Waals surface area contributed by atoms with Crippen LogP contribution in [0.2, 0.25) is 10.0 Å². The van der Waals surface area contributed by atoms with E-state index in [-0.39, 0.29) is 11.2 Å². The Bertz CT molecular complexity index is 641. The van der Waals surface area contributed by atoms with Gasteiger partial charge in [-0.05, 0) is 48.9 Å². The van der Waals surface area contributed by atoms with E-state index in [2.05, 4.69) is 5.32 Å². The van der Waals surface area contributed by atoms with E-state index >= 15 is 0 Å². The van der Waals surface area contributed by atoms with Crippen molar-refractivity contribution in [2.45, 2.75) is 23.5 Å². The Labute approximate surface area is 144 Å². The van der Waals surface area contributed by atoms with Crippen LogP contribution in [0.3, 0.4) is 0 Å². The van der Waals surface area contributed by atoms with E-state index in [9.17, 15) is 4.79 Å². The number of carbonyl (C=O) groups is 1. The number of nitrogens with one attached hydrogen (secondary N) is 1. The van der Waals surface area contributed by atoms with E-state index < -0.39 is 0 Å². The van der Waals surface area contributed by atoms with E-state index in [1.807, 2.05) is 31.2 Å². The zero-order valence-corrected chi connectivity index (χ0v) is 14.3. The molecule has 0 spiro atoms. The molecule has 2 aromatic carbocycles. The van der Waals surface area contributed by atoms with Crippen molar-refractivity contribution in [3.05, 3.63) is 52.5 Å². The number of benzene rings is 2. The SMILES string of the molecule is CCC(Sc1ccc(N)cc1)C(=O)Nc1cc(Cl)cc(Cl)c1. The highest BCUT2D eigenvalue weighted by molar-refractivity contribution is 8.00. The second-order valence-corrected chi connectivity index (χ2v) is 6.88. The molecule has 3 nitrogen and oxygen atoms in total. The van der Waals surface area contributed by atoms with Crippen molar-refractivity contribution in [2.24, 2.45) is 0 Å². The van der Waals surface area contributed by atoms with Crippen molar-refractivity contribution in [3.63, 3.8) is 0 Å². The first-order chi connectivity index (χ1) is 10.5. The normalized spacial score (nSPS) is 12.0. The van der Waals surface area contributed by atoms with Crippen molar-refractivity contribution in [2.75, 3.05) is 11.1 Å². The van der Waals surface area contributed by atoms with Gasteiger partial charge in [-0.15, -0.1) is 11.8 Å². The largest absolute Gasteiger partial charge is 0.399 e. The number of hydrogen-bond donors (Lipinski definition) is 2. The molecule has 0 saturated heterocycles. The Kier molecular flexibility index (Phi) is 6.00. The van der Waals surface area contributed by atoms with Gasteiger partial charge in [-0.25, -0.2) is 0 Å². The molecule has 0 aliphatic carbocycles. The van der Waals surface area contributed by atoms with E-state index in [0.29, 0.717) is 27.8 Å². The van der Waals surface area contributed by atoms with Gasteiger partial charge in [0.05, 0.1) is 5.25 Å². The Balaban J connectivity index is 2.06. The predicted octanol–water partition coefficient (Wildman–Crippen LogP) is 5.09. The summed E-state index contributed by atoms with van der Waals surface area (Å²) < 4.78 is 0. The van der Waals surface area contributed by atoms with Crippen LogP contribution in [-0.2, 0) is 4.79 Å². The van der Waals surface area contributed by atoms with Gasteiger partial charge in [0.2, 0.25) is 5.91 Å². The molecule has 6 heteroatoms. The molecule has 0 aromatic heterocycles. The van der Waals surface area contributed by atoms with Crippen LogP contribution in [0.1, 0.15) is 13.3 Å². The molecule has 22 heavy (non-hydrogen) atoms. The molecule has 1 unspecified atom stereocenters. The molecule has 0 saturated carbocycles. The number of carbonyl (C=O) groups excluding carboxylic acids is 1.